The van der Waals surface area contributed by atoms with Crippen LogP contribution in [0.2, 0.25) is 0 Å². The monoisotopic (exact) mass is 410 g/mol. The molecule has 2 amide bonds. The fraction of sp³-hybridized carbons (Fsp3) is 0.389. The van der Waals surface area contributed by atoms with Crippen LogP contribution in [0.4, 0.5) is 4.79 Å². The molecule has 0 heterocycles. The van der Waals surface area contributed by atoms with Gasteiger partial charge in [-0.15, -0.1) is 0 Å². The minimum absolute atomic E-state index is 0.0552. The molecule has 0 aromatic heterocycles. The maximum Gasteiger partial charge on any atom is 0.407 e. The number of carboxylic acids is 1. The Bertz CT molecular complexity index is 708. The Morgan fingerprint density at radius 3 is 2.00 bits per heavy atom. The molecule has 3 N–H and O–H groups in total. The lowest BCUT2D eigenvalue weighted by molar-refractivity contribution is -0.227. The molecule has 0 saturated heterocycles. The second-order valence-corrected chi connectivity index (χ2v) is 5.76. The van der Waals surface area contributed by atoms with E-state index in [2.05, 4.69) is 10.6 Å². The van der Waals surface area contributed by atoms with Gasteiger partial charge in [0.15, 0.2) is 0 Å². The maximum absolute atomic E-state index is 12.4. The topological polar surface area (TPSA) is 157 Å². The third-order valence-electron chi connectivity index (χ3n) is 3.24. The van der Waals surface area contributed by atoms with Crippen LogP contribution in [0.5, 0.6) is 0 Å². The Balaban J connectivity index is 2.56. The summed E-state index contributed by atoms with van der Waals surface area (Å²) in [5.74, 6) is -7.40. The average molecular weight is 410 g/mol. The molecule has 1 aromatic carbocycles. The first-order chi connectivity index (χ1) is 13.6. The number of carboxylic acid groups (broad SMARTS) is 1. The van der Waals surface area contributed by atoms with E-state index in [1.165, 1.54) is 0 Å². The summed E-state index contributed by atoms with van der Waals surface area (Å²) in [6.45, 7) is 1.65. The molecule has 0 fully saturated rings. The zero-order valence-corrected chi connectivity index (χ0v) is 15.9. The molecule has 0 spiro atoms. The summed E-state index contributed by atoms with van der Waals surface area (Å²) in [7, 11) is 0. The van der Waals surface area contributed by atoms with Gasteiger partial charge < -0.3 is 30.0 Å². The van der Waals surface area contributed by atoms with Crippen molar-refractivity contribution in [2.24, 2.45) is 0 Å². The van der Waals surface area contributed by atoms with Crippen LogP contribution in [0.25, 0.3) is 0 Å². The largest absolute Gasteiger partial charge is 0.481 e. The molecule has 11 heteroatoms. The van der Waals surface area contributed by atoms with Crippen LogP contribution in [0, 0.1) is 0 Å². The zero-order chi connectivity index (χ0) is 21.9. The summed E-state index contributed by atoms with van der Waals surface area (Å²) in [5.41, 5.74) is 0.789. The standard InChI is InChI=1S/C18H22N2O9/c1-12(21)28-18(10-15(23)24,29-13(2)22)16(25)19-8-9-20-17(26)27-11-14-6-4-3-5-7-14/h3-7H,8-11H2,1-2H3,(H,19,25)(H,20,26)(H,23,24). The summed E-state index contributed by atoms with van der Waals surface area (Å²) in [6, 6.07) is 8.96. The number of rotatable bonds is 10. The van der Waals surface area contributed by atoms with Crippen molar-refractivity contribution in [2.75, 3.05) is 13.1 Å². The first kappa shape index (κ1) is 23.4. The van der Waals surface area contributed by atoms with E-state index in [0.717, 1.165) is 19.4 Å². The highest BCUT2D eigenvalue weighted by Gasteiger charge is 2.48. The fourth-order valence-electron chi connectivity index (χ4n) is 2.18. The van der Waals surface area contributed by atoms with Gasteiger partial charge in [0.25, 0.3) is 0 Å². The average Bonchev–Trinajstić information content (AvgIpc) is 2.62. The number of benzene rings is 1. The van der Waals surface area contributed by atoms with Crippen LogP contribution in [-0.4, -0.2) is 53.9 Å². The number of ether oxygens (including phenoxy) is 3. The van der Waals surface area contributed by atoms with Gasteiger partial charge in [0.05, 0.1) is 0 Å². The number of aliphatic carboxylic acids is 1. The van der Waals surface area contributed by atoms with Gasteiger partial charge in [0.2, 0.25) is 0 Å². The van der Waals surface area contributed by atoms with Gasteiger partial charge in [-0.1, -0.05) is 30.3 Å². The molecule has 0 aliphatic carbocycles. The zero-order valence-electron chi connectivity index (χ0n) is 15.9. The first-order valence-electron chi connectivity index (χ1n) is 8.48. The number of amides is 2. The van der Waals surface area contributed by atoms with Crippen molar-refractivity contribution in [1.82, 2.24) is 10.6 Å². The Hall–Kier alpha value is -3.63. The molecule has 0 bridgehead atoms. The van der Waals surface area contributed by atoms with Crippen LogP contribution in [-0.2, 0) is 40.0 Å². The van der Waals surface area contributed by atoms with E-state index in [0.29, 0.717) is 0 Å². The first-order valence-corrected chi connectivity index (χ1v) is 8.48. The van der Waals surface area contributed by atoms with Gasteiger partial charge in [-0.25, -0.2) is 4.79 Å². The Morgan fingerprint density at radius 1 is 0.931 bits per heavy atom. The van der Waals surface area contributed by atoms with Gasteiger partial charge >= 0.3 is 35.7 Å². The number of hydrogen-bond donors (Lipinski definition) is 3. The van der Waals surface area contributed by atoms with Crippen molar-refractivity contribution < 1.29 is 43.3 Å². The quantitative estimate of drug-likeness (QED) is 0.281. The second kappa shape index (κ2) is 11.3. The van der Waals surface area contributed by atoms with Gasteiger partial charge in [-0.3, -0.25) is 19.2 Å². The van der Waals surface area contributed by atoms with Crippen molar-refractivity contribution in [3.8, 4) is 0 Å². The van der Waals surface area contributed by atoms with Crippen molar-refractivity contribution in [1.29, 1.82) is 0 Å². The predicted octanol–water partition coefficient (Wildman–Crippen LogP) is 0.326. The van der Waals surface area contributed by atoms with E-state index in [9.17, 15) is 24.0 Å². The molecule has 0 atom stereocenters. The molecular formula is C18H22N2O9. The SMILES string of the molecule is CC(=O)OC(CC(=O)O)(OC(C)=O)C(=O)NCCNC(=O)OCc1ccccc1. The third kappa shape index (κ3) is 8.73. The van der Waals surface area contributed by atoms with E-state index >= 15 is 0 Å². The van der Waals surface area contributed by atoms with Crippen LogP contribution in [0.3, 0.4) is 0 Å². The molecule has 158 valence electrons. The lowest BCUT2D eigenvalue weighted by Gasteiger charge is -2.29. The molecule has 0 aliphatic rings. The maximum atomic E-state index is 12.4. The highest BCUT2D eigenvalue weighted by molar-refractivity contribution is 5.91. The Kier molecular flexibility index (Phi) is 9.10. The number of hydrogen-bond acceptors (Lipinski definition) is 8. The van der Waals surface area contributed by atoms with E-state index < -0.39 is 42.1 Å². The fourth-order valence-corrected chi connectivity index (χ4v) is 2.18. The molecule has 1 aromatic rings. The summed E-state index contributed by atoms with van der Waals surface area (Å²) in [5, 5.41) is 13.6. The van der Waals surface area contributed by atoms with Crippen molar-refractivity contribution in [2.45, 2.75) is 32.7 Å². The normalized spacial score (nSPS) is 10.4. The molecule has 0 saturated carbocycles. The highest BCUT2D eigenvalue weighted by atomic mass is 16.7. The Morgan fingerprint density at radius 2 is 1.48 bits per heavy atom. The second-order valence-electron chi connectivity index (χ2n) is 5.76. The molecule has 0 aliphatic heterocycles. The molecule has 29 heavy (non-hydrogen) atoms. The minimum atomic E-state index is -2.66. The van der Waals surface area contributed by atoms with Gasteiger partial charge in [-0.2, -0.15) is 0 Å². The molecule has 0 unspecified atom stereocenters. The number of carbonyl (C=O) groups is 5. The summed E-state index contributed by atoms with van der Waals surface area (Å²) >= 11 is 0. The smallest absolute Gasteiger partial charge is 0.407 e. The molecular weight excluding hydrogens is 388 g/mol. The molecule has 0 radical (unpaired) electrons. The minimum Gasteiger partial charge on any atom is -0.481 e. The van der Waals surface area contributed by atoms with Crippen molar-refractivity contribution in [3.63, 3.8) is 0 Å². The van der Waals surface area contributed by atoms with Gasteiger partial charge in [0.1, 0.15) is 13.0 Å². The van der Waals surface area contributed by atoms with E-state index in [1.54, 1.807) is 24.3 Å². The predicted molar refractivity (Wildman–Crippen MR) is 96.2 cm³/mol. The third-order valence-corrected chi connectivity index (χ3v) is 3.24. The van der Waals surface area contributed by atoms with E-state index in [1.807, 2.05) is 6.07 Å². The number of carbonyl (C=O) groups excluding carboxylic acids is 4. The summed E-state index contributed by atoms with van der Waals surface area (Å²) in [6.07, 6.45) is -1.83. The van der Waals surface area contributed by atoms with Crippen molar-refractivity contribution in [3.05, 3.63) is 35.9 Å². The number of esters is 2. The summed E-state index contributed by atoms with van der Waals surface area (Å²) < 4.78 is 14.4. The van der Waals surface area contributed by atoms with Gasteiger partial charge in [0, 0.05) is 26.9 Å². The summed E-state index contributed by atoms with van der Waals surface area (Å²) in [4.78, 5) is 57.6. The van der Waals surface area contributed by atoms with E-state index in [4.69, 9.17) is 19.3 Å². The Labute approximate surface area is 166 Å². The van der Waals surface area contributed by atoms with Crippen LogP contribution < -0.4 is 10.6 Å². The molecule has 11 nitrogen and oxygen atoms in total. The lowest BCUT2D eigenvalue weighted by Crippen LogP contribution is -2.54. The van der Waals surface area contributed by atoms with E-state index in [-0.39, 0.29) is 19.7 Å². The highest BCUT2D eigenvalue weighted by Crippen LogP contribution is 2.20. The van der Waals surface area contributed by atoms with Crippen LogP contribution >= 0.6 is 0 Å². The molecule has 1 rings (SSSR count). The van der Waals surface area contributed by atoms with Crippen LogP contribution in [0.15, 0.2) is 30.3 Å². The van der Waals surface area contributed by atoms with Gasteiger partial charge in [-0.05, 0) is 5.56 Å². The van der Waals surface area contributed by atoms with Crippen molar-refractivity contribution >= 4 is 29.9 Å². The number of nitrogens with one attached hydrogen (secondary N) is 2. The number of alkyl carbamates (subject to hydrolysis) is 1. The lowest BCUT2D eigenvalue weighted by atomic mass is 10.1. The van der Waals surface area contributed by atoms with Crippen LogP contribution in [0.1, 0.15) is 25.8 Å².